The smallest absolute Gasteiger partial charge is 0.159 e. The van der Waals surface area contributed by atoms with E-state index in [1.165, 1.54) is 0 Å². The van der Waals surface area contributed by atoms with Crippen molar-refractivity contribution in [3.8, 4) is 0 Å². The monoisotopic (exact) mass is 312 g/mol. The van der Waals surface area contributed by atoms with Gasteiger partial charge < -0.3 is 9.30 Å². The van der Waals surface area contributed by atoms with Crippen LogP contribution in [0.1, 0.15) is 45.3 Å². The summed E-state index contributed by atoms with van der Waals surface area (Å²) < 4.78 is 9.93. The van der Waals surface area contributed by atoms with Gasteiger partial charge in [-0.1, -0.05) is 13.8 Å². The molecule has 0 aliphatic rings. The maximum absolute atomic E-state index is 6.14. The van der Waals surface area contributed by atoms with Crippen LogP contribution in [0, 0.1) is 12.8 Å². The van der Waals surface area contributed by atoms with Gasteiger partial charge in [0.25, 0.3) is 0 Å². The SMILES string of the molecule is CCOCC(C(C)C)n1c(CCl)nc2c(C)nn(CC)c21. The molecule has 0 saturated carbocycles. The predicted molar refractivity (Wildman–Crippen MR) is 85.9 cm³/mol. The Balaban J connectivity index is 2.62. The molecule has 2 aromatic heterocycles. The lowest BCUT2D eigenvalue weighted by atomic mass is 10.1. The minimum atomic E-state index is 0.213. The lowest BCUT2D eigenvalue weighted by Gasteiger charge is -2.25. The van der Waals surface area contributed by atoms with E-state index in [0.717, 1.165) is 29.2 Å². The highest BCUT2D eigenvalue weighted by molar-refractivity contribution is 6.16. The number of nitrogens with zero attached hydrogens (tertiary/aromatic N) is 4. The molecule has 0 N–H and O–H groups in total. The highest BCUT2D eigenvalue weighted by Gasteiger charge is 2.25. The number of rotatable bonds is 7. The summed E-state index contributed by atoms with van der Waals surface area (Å²) in [4.78, 5) is 4.70. The van der Waals surface area contributed by atoms with E-state index in [1.807, 2.05) is 18.5 Å². The topological polar surface area (TPSA) is 44.9 Å². The number of aromatic nitrogens is 4. The first-order valence-corrected chi connectivity index (χ1v) is 8.16. The zero-order valence-electron chi connectivity index (χ0n) is 13.6. The van der Waals surface area contributed by atoms with E-state index in [9.17, 15) is 0 Å². The number of alkyl halides is 1. The largest absolute Gasteiger partial charge is 0.380 e. The van der Waals surface area contributed by atoms with Crippen LogP contribution in [0.15, 0.2) is 0 Å². The number of fused-ring (bicyclic) bond motifs is 1. The molecule has 2 heterocycles. The highest BCUT2D eigenvalue weighted by atomic mass is 35.5. The lowest BCUT2D eigenvalue weighted by molar-refractivity contribution is 0.0966. The van der Waals surface area contributed by atoms with Crippen LogP contribution < -0.4 is 0 Å². The van der Waals surface area contributed by atoms with Gasteiger partial charge in [0.05, 0.1) is 24.2 Å². The Hall–Kier alpha value is -1.07. The van der Waals surface area contributed by atoms with Gasteiger partial charge in [0.2, 0.25) is 0 Å². The average molecular weight is 313 g/mol. The van der Waals surface area contributed by atoms with Crippen LogP contribution in [0.25, 0.3) is 11.2 Å². The fourth-order valence-corrected chi connectivity index (χ4v) is 2.89. The van der Waals surface area contributed by atoms with Crippen molar-refractivity contribution in [3.05, 3.63) is 11.5 Å². The molecule has 0 spiro atoms. The molecule has 1 unspecified atom stereocenters. The van der Waals surface area contributed by atoms with E-state index in [0.29, 0.717) is 25.0 Å². The Morgan fingerprint density at radius 3 is 2.52 bits per heavy atom. The first-order valence-electron chi connectivity index (χ1n) is 7.62. The van der Waals surface area contributed by atoms with E-state index in [4.69, 9.17) is 21.3 Å². The molecule has 0 bridgehead atoms. The molecular formula is C15H25ClN4O. The Kier molecular flexibility index (Phi) is 5.27. The Morgan fingerprint density at radius 1 is 1.29 bits per heavy atom. The van der Waals surface area contributed by atoms with Crippen molar-refractivity contribution in [1.29, 1.82) is 0 Å². The van der Waals surface area contributed by atoms with Gasteiger partial charge >= 0.3 is 0 Å². The second kappa shape index (κ2) is 6.79. The molecule has 0 aliphatic heterocycles. The summed E-state index contributed by atoms with van der Waals surface area (Å²) >= 11 is 6.14. The van der Waals surface area contributed by atoms with E-state index in [1.54, 1.807) is 0 Å². The summed E-state index contributed by atoms with van der Waals surface area (Å²) in [5.41, 5.74) is 2.97. The third-order valence-corrected chi connectivity index (χ3v) is 4.07. The van der Waals surface area contributed by atoms with Crippen LogP contribution in [-0.2, 0) is 17.2 Å². The van der Waals surface area contributed by atoms with Gasteiger partial charge in [-0.2, -0.15) is 5.10 Å². The molecule has 0 aliphatic carbocycles. The molecule has 2 aromatic rings. The third kappa shape index (κ3) is 2.94. The Labute approximate surface area is 131 Å². The fourth-order valence-electron chi connectivity index (χ4n) is 2.70. The second-order valence-electron chi connectivity index (χ2n) is 5.58. The molecule has 5 nitrogen and oxygen atoms in total. The minimum Gasteiger partial charge on any atom is -0.380 e. The zero-order chi connectivity index (χ0) is 15.6. The van der Waals surface area contributed by atoms with Crippen molar-refractivity contribution in [2.24, 2.45) is 5.92 Å². The maximum atomic E-state index is 6.14. The summed E-state index contributed by atoms with van der Waals surface area (Å²) in [6.07, 6.45) is 0. The lowest BCUT2D eigenvalue weighted by Crippen LogP contribution is -2.24. The molecule has 0 amide bonds. The highest BCUT2D eigenvalue weighted by Crippen LogP contribution is 2.29. The van der Waals surface area contributed by atoms with Gasteiger partial charge in [0, 0.05) is 13.2 Å². The molecule has 0 fully saturated rings. The Bertz CT molecular complexity index is 602. The Morgan fingerprint density at radius 2 is 2.00 bits per heavy atom. The van der Waals surface area contributed by atoms with E-state index >= 15 is 0 Å². The summed E-state index contributed by atoms with van der Waals surface area (Å²) in [6, 6.07) is 0.213. The standard InChI is InChI=1S/C15H25ClN4O/c1-6-19-15-14(11(5)18-19)17-13(8-16)20(15)12(10(3)4)9-21-7-2/h10,12H,6-9H2,1-5H3. The first kappa shape index (κ1) is 16.3. The number of imidazole rings is 1. The quantitative estimate of drug-likeness (QED) is 0.735. The fraction of sp³-hybridized carbons (Fsp3) is 0.733. The van der Waals surface area contributed by atoms with Crippen LogP contribution in [0.2, 0.25) is 0 Å². The summed E-state index contributed by atoms with van der Waals surface area (Å²) in [5.74, 6) is 1.72. The van der Waals surface area contributed by atoms with Crippen molar-refractivity contribution in [3.63, 3.8) is 0 Å². The molecule has 1 atom stereocenters. The molecular weight excluding hydrogens is 288 g/mol. The minimum absolute atomic E-state index is 0.213. The zero-order valence-corrected chi connectivity index (χ0v) is 14.3. The van der Waals surface area contributed by atoms with Crippen molar-refractivity contribution in [2.45, 2.75) is 53.1 Å². The summed E-state index contributed by atoms with van der Waals surface area (Å²) in [7, 11) is 0. The number of hydrogen-bond donors (Lipinski definition) is 0. The normalized spacial score (nSPS) is 13.5. The van der Waals surface area contributed by atoms with E-state index in [2.05, 4.69) is 30.4 Å². The summed E-state index contributed by atoms with van der Waals surface area (Å²) in [6.45, 7) is 12.7. The summed E-state index contributed by atoms with van der Waals surface area (Å²) in [5, 5.41) is 4.58. The van der Waals surface area contributed by atoms with Crippen LogP contribution in [0.5, 0.6) is 0 Å². The molecule has 6 heteroatoms. The van der Waals surface area contributed by atoms with Crippen molar-refractivity contribution < 1.29 is 4.74 Å². The third-order valence-electron chi connectivity index (χ3n) is 3.83. The number of hydrogen-bond acceptors (Lipinski definition) is 3. The second-order valence-corrected chi connectivity index (χ2v) is 5.84. The molecule has 2 rings (SSSR count). The van der Waals surface area contributed by atoms with Crippen molar-refractivity contribution in [2.75, 3.05) is 13.2 Å². The number of ether oxygens (including phenoxy) is 1. The predicted octanol–water partition coefficient (Wildman–Crippen LogP) is 3.53. The van der Waals surface area contributed by atoms with Crippen LogP contribution in [-0.4, -0.2) is 32.5 Å². The first-order chi connectivity index (χ1) is 10.0. The van der Waals surface area contributed by atoms with Crippen molar-refractivity contribution in [1.82, 2.24) is 19.3 Å². The van der Waals surface area contributed by atoms with Crippen LogP contribution >= 0.6 is 11.6 Å². The van der Waals surface area contributed by atoms with Crippen LogP contribution in [0.4, 0.5) is 0 Å². The van der Waals surface area contributed by atoms with Crippen LogP contribution in [0.3, 0.4) is 0 Å². The average Bonchev–Trinajstić information content (AvgIpc) is 2.97. The van der Waals surface area contributed by atoms with E-state index in [-0.39, 0.29) is 6.04 Å². The van der Waals surface area contributed by atoms with Gasteiger partial charge in [-0.05, 0) is 26.7 Å². The number of halogens is 1. The molecule has 0 radical (unpaired) electrons. The van der Waals surface area contributed by atoms with Gasteiger partial charge in [-0.15, -0.1) is 11.6 Å². The molecule has 0 saturated heterocycles. The molecule has 0 aromatic carbocycles. The van der Waals surface area contributed by atoms with Crippen molar-refractivity contribution >= 4 is 22.8 Å². The number of aryl methyl sites for hydroxylation is 2. The van der Waals surface area contributed by atoms with Gasteiger partial charge in [-0.25, -0.2) is 9.67 Å². The molecule has 118 valence electrons. The van der Waals surface area contributed by atoms with E-state index < -0.39 is 0 Å². The maximum Gasteiger partial charge on any atom is 0.159 e. The van der Waals surface area contributed by atoms with Gasteiger partial charge in [0.15, 0.2) is 5.65 Å². The molecule has 21 heavy (non-hydrogen) atoms. The van der Waals surface area contributed by atoms with Gasteiger partial charge in [0.1, 0.15) is 11.3 Å². The van der Waals surface area contributed by atoms with Gasteiger partial charge in [-0.3, -0.25) is 0 Å².